The molecule has 1 unspecified atom stereocenters. The molecule has 7 heteroatoms. The van der Waals surface area contributed by atoms with E-state index in [9.17, 15) is 14.4 Å². The molecule has 2 N–H and O–H groups in total. The first-order chi connectivity index (χ1) is 9.79. The minimum Gasteiger partial charge on any atom is -0.355 e. The van der Waals surface area contributed by atoms with E-state index >= 15 is 0 Å². The monoisotopic (exact) mass is 301 g/mol. The molecule has 1 atom stereocenters. The average Bonchev–Trinajstić information content (AvgIpc) is 2.42. The van der Waals surface area contributed by atoms with Crippen molar-refractivity contribution in [3.05, 3.63) is 0 Å². The van der Waals surface area contributed by atoms with Gasteiger partial charge in [0.15, 0.2) is 0 Å². The summed E-state index contributed by atoms with van der Waals surface area (Å²) in [5.41, 5.74) is 0. The molecule has 0 aliphatic carbocycles. The van der Waals surface area contributed by atoms with Crippen molar-refractivity contribution in [3.63, 3.8) is 0 Å². The number of hydrogen-bond donors (Lipinski definition) is 2. The highest BCUT2D eigenvalue weighted by molar-refractivity contribution is 5.79. The molecule has 0 aromatic carbocycles. The van der Waals surface area contributed by atoms with E-state index in [4.69, 9.17) is 4.84 Å². The van der Waals surface area contributed by atoms with Crippen molar-refractivity contribution >= 4 is 17.7 Å². The largest absolute Gasteiger partial charge is 0.355 e. The number of nitrogens with one attached hydrogen (secondary N) is 2. The molecule has 0 fully saturated rings. The molecule has 7 nitrogen and oxygen atoms in total. The van der Waals surface area contributed by atoms with E-state index in [2.05, 4.69) is 10.6 Å². The van der Waals surface area contributed by atoms with E-state index in [1.165, 1.54) is 19.1 Å². The van der Waals surface area contributed by atoms with E-state index in [0.717, 1.165) is 0 Å². The average molecular weight is 301 g/mol. The first-order valence-electron chi connectivity index (χ1n) is 7.17. The maximum Gasteiger partial charge on any atom is 0.248 e. The Hall–Kier alpha value is -1.63. The SMILES string of the molecule is CON(CCC(C)C(=O)NCCNC(C)=O)C(=O)C(C)C. The molecule has 0 aliphatic heterocycles. The summed E-state index contributed by atoms with van der Waals surface area (Å²) in [4.78, 5) is 39.3. The molecule has 0 saturated heterocycles. The zero-order valence-corrected chi connectivity index (χ0v) is 13.6. The van der Waals surface area contributed by atoms with Gasteiger partial charge in [-0.05, 0) is 6.42 Å². The smallest absolute Gasteiger partial charge is 0.248 e. The molecule has 0 aromatic rings. The Morgan fingerprint density at radius 1 is 1.10 bits per heavy atom. The number of hydroxylamine groups is 2. The van der Waals surface area contributed by atoms with Crippen LogP contribution in [0.3, 0.4) is 0 Å². The van der Waals surface area contributed by atoms with Crippen LogP contribution in [0, 0.1) is 11.8 Å². The maximum atomic E-state index is 11.8. The second kappa shape index (κ2) is 10.1. The third kappa shape index (κ3) is 8.29. The third-order valence-corrected chi connectivity index (χ3v) is 2.97. The molecule has 0 rings (SSSR count). The van der Waals surface area contributed by atoms with Crippen molar-refractivity contribution in [1.82, 2.24) is 15.7 Å². The standard InChI is InChI=1S/C14H27N3O4/c1-10(2)14(20)17(21-5)9-6-11(3)13(19)16-8-7-15-12(4)18/h10-11H,6-9H2,1-5H3,(H,15,18)(H,16,19). The Morgan fingerprint density at radius 2 is 1.67 bits per heavy atom. The van der Waals surface area contributed by atoms with Gasteiger partial charge in [-0.3, -0.25) is 19.2 Å². The van der Waals surface area contributed by atoms with Crippen molar-refractivity contribution in [2.24, 2.45) is 11.8 Å². The van der Waals surface area contributed by atoms with Gasteiger partial charge in [0, 0.05) is 38.4 Å². The van der Waals surface area contributed by atoms with Gasteiger partial charge in [0.2, 0.25) is 17.7 Å². The Labute approximate surface area is 126 Å². The first kappa shape index (κ1) is 19.4. The number of rotatable bonds is 9. The lowest BCUT2D eigenvalue weighted by atomic mass is 10.1. The molecule has 122 valence electrons. The van der Waals surface area contributed by atoms with E-state index in [1.807, 2.05) is 0 Å². The quantitative estimate of drug-likeness (QED) is 0.474. The van der Waals surface area contributed by atoms with Gasteiger partial charge in [0.25, 0.3) is 0 Å². The predicted molar refractivity (Wildman–Crippen MR) is 79.0 cm³/mol. The summed E-state index contributed by atoms with van der Waals surface area (Å²) in [5, 5.41) is 6.62. The Balaban J connectivity index is 4.05. The predicted octanol–water partition coefficient (Wildman–Crippen LogP) is 0.311. The number of hydrogen-bond acceptors (Lipinski definition) is 4. The van der Waals surface area contributed by atoms with E-state index < -0.39 is 0 Å². The van der Waals surface area contributed by atoms with Crippen LogP contribution >= 0.6 is 0 Å². The molecule has 0 radical (unpaired) electrons. The number of carbonyl (C=O) groups excluding carboxylic acids is 3. The summed E-state index contributed by atoms with van der Waals surface area (Å²) in [5.74, 6) is -0.712. The molecule has 0 aromatic heterocycles. The molecule has 0 spiro atoms. The first-order valence-corrected chi connectivity index (χ1v) is 7.17. The van der Waals surface area contributed by atoms with Crippen LogP contribution in [0.2, 0.25) is 0 Å². The highest BCUT2D eigenvalue weighted by Gasteiger charge is 2.19. The van der Waals surface area contributed by atoms with Gasteiger partial charge in [-0.15, -0.1) is 0 Å². The minimum absolute atomic E-state index is 0.101. The molecule has 21 heavy (non-hydrogen) atoms. The van der Waals surface area contributed by atoms with Crippen molar-refractivity contribution in [3.8, 4) is 0 Å². The summed E-state index contributed by atoms with van der Waals surface area (Å²) < 4.78 is 0. The topological polar surface area (TPSA) is 87.7 Å². The molecular formula is C14H27N3O4. The van der Waals surface area contributed by atoms with Gasteiger partial charge in [0.1, 0.15) is 0 Å². The summed E-state index contributed by atoms with van der Waals surface area (Å²) in [7, 11) is 1.44. The summed E-state index contributed by atoms with van der Waals surface area (Å²) in [6, 6.07) is 0. The van der Waals surface area contributed by atoms with Crippen LogP contribution in [0.15, 0.2) is 0 Å². The van der Waals surface area contributed by atoms with Crippen LogP contribution in [-0.2, 0) is 19.2 Å². The maximum absolute atomic E-state index is 11.8. The Morgan fingerprint density at radius 3 is 2.14 bits per heavy atom. The molecule has 0 heterocycles. The van der Waals surface area contributed by atoms with Gasteiger partial charge in [-0.1, -0.05) is 20.8 Å². The van der Waals surface area contributed by atoms with Gasteiger partial charge < -0.3 is 10.6 Å². The van der Waals surface area contributed by atoms with E-state index in [1.54, 1.807) is 20.8 Å². The lowest BCUT2D eigenvalue weighted by Crippen LogP contribution is -2.39. The van der Waals surface area contributed by atoms with Crippen molar-refractivity contribution in [1.29, 1.82) is 0 Å². The van der Waals surface area contributed by atoms with Crippen molar-refractivity contribution in [2.75, 3.05) is 26.7 Å². The summed E-state index contributed by atoms with van der Waals surface area (Å²) in [6.45, 7) is 7.98. The van der Waals surface area contributed by atoms with Gasteiger partial charge in [0.05, 0.1) is 7.11 Å². The third-order valence-electron chi connectivity index (χ3n) is 2.97. The molecule has 0 bridgehead atoms. The Bertz CT molecular complexity index is 358. The zero-order chi connectivity index (χ0) is 16.4. The number of nitrogens with zero attached hydrogens (tertiary/aromatic N) is 1. The lowest BCUT2D eigenvalue weighted by Gasteiger charge is -2.23. The zero-order valence-electron chi connectivity index (χ0n) is 13.6. The van der Waals surface area contributed by atoms with Gasteiger partial charge in [-0.2, -0.15) is 0 Å². The molecular weight excluding hydrogens is 274 g/mol. The van der Waals surface area contributed by atoms with Crippen molar-refractivity contribution < 1.29 is 19.2 Å². The lowest BCUT2D eigenvalue weighted by molar-refractivity contribution is -0.180. The molecule has 3 amide bonds. The highest BCUT2D eigenvalue weighted by Crippen LogP contribution is 2.07. The van der Waals surface area contributed by atoms with Gasteiger partial charge in [-0.25, -0.2) is 5.06 Å². The van der Waals surface area contributed by atoms with E-state index in [-0.39, 0.29) is 29.6 Å². The highest BCUT2D eigenvalue weighted by atomic mass is 16.7. The van der Waals surface area contributed by atoms with Crippen molar-refractivity contribution in [2.45, 2.75) is 34.1 Å². The molecule has 0 saturated carbocycles. The Kier molecular flexibility index (Phi) is 9.36. The van der Waals surface area contributed by atoms with Crippen LogP contribution < -0.4 is 10.6 Å². The van der Waals surface area contributed by atoms with E-state index in [0.29, 0.717) is 26.1 Å². The van der Waals surface area contributed by atoms with Crippen LogP contribution in [0.5, 0.6) is 0 Å². The molecule has 0 aliphatic rings. The second-order valence-electron chi connectivity index (χ2n) is 5.24. The fourth-order valence-corrected chi connectivity index (χ4v) is 1.62. The van der Waals surface area contributed by atoms with Crippen LogP contribution in [0.1, 0.15) is 34.1 Å². The second-order valence-corrected chi connectivity index (χ2v) is 5.24. The van der Waals surface area contributed by atoms with Crippen LogP contribution in [0.25, 0.3) is 0 Å². The van der Waals surface area contributed by atoms with Crippen LogP contribution in [-0.4, -0.2) is 49.5 Å². The number of carbonyl (C=O) groups is 3. The minimum atomic E-state index is -0.236. The van der Waals surface area contributed by atoms with Crippen LogP contribution in [0.4, 0.5) is 0 Å². The van der Waals surface area contributed by atoms with Gasteiger partial charge >= 0.3 is 0 Å². The fourth-order valence-electron chi connectivity index (χ4n) is 1.62. The number of amides is 3. The summed E-state index contributed by atoms with van der Waals surface area (Å²) >= 11 is 0. The normalized spacial score (nSPS) is 11.9. The summed E-state index contributed by atoms with van der Waals surface area (Å²) in [6.07, 6.45) is 0.512. The fraction of sp³-hybridized carbons (Fsp3) is 0.786.